The summed E-state index contributed by atoms with van der Waals surface area (Å²) in [5.41, 5.74) is -5.86. The predicted octanol–water partition coefficient (Wildman–Crippen LogP) is 6.52. The molecule has 1 aromatic heterocycles. The van der Waals surface area contributed by atoms with Gasteiger partial charge in [-0.25, -0.2) is 4.68 Å². The summed E-state index contributed by atoms with van der Waals surface area (Å²) in [7, 11) is 0. The number of alkyl halides is 6. The fraction of sp³-hybridized carbons (Fsp3) is 0.280. The van der Waals surface area contributed by atoms with Crippen LogP contribution in [0.3, 0.4) is 0 Å². The van der Waals surface area contributed by atoms with Crippen LogP contribution in [0.5, 0.6) is 0 Å². The van der Waals surface area contributed by atoms with E-state index >= 15 is 0 Å². The molecule has 2 amide bonds. The Balaban J connectivity index is 2.22. The van der Waals surface area contributed by atoms with Gasteiger partial charge in [0.2, 0.25) is 0 Å². The molecular weight excluding hydrogens is 552 g/mol. The average Bonchev–Trinajstić information content (AvgIpc) is 3.24. The highest BCUT2D eigenvalue weighted by Crippen LogP contribution is 2.39. The van der Waals surface area contributed by atoms with Gasteiger partial charge in [-0.15, -0.1) is 0 Å². The standard InChI is InChI=1S/C25H20ClF6N5O2/c1-12-8-13(11-33)9-14(21(38)35-23(2,3)4)19(12)34-22(39)17-10-18(25(30,31)32)36-37(17)20-15(24(27,28)29)6-5-7-16(20)26/h5-10H,1-4H3,(H,34,39)(H,35,38). The van der Waals surface area contributed by atoms with Gasteiger partial charge in [0.1, 0.15) is 5.69 Å². The van der Waals surface area contributed by atoms with Crippen molar-refractivity contribution < 1.29 is 35.9 Å². The van der Waals surface area contributed by atoms with E-state index in [4.69, 9.17) is 11.6 Å². The maximum atomic E-state index is 13.7. The number of carbonyl (C=O) groups excluding carboxylic acids is 2. The van der Waals surface area contributed by atoms with Crippen molar-refractivity contribution in [2.75, 3.05) is 5.32 Å². The molecule has 0 saturated heterocycles. The molecule has 1 heterocycles. The van der Waals surface area contributed by atoms with Gasteiger partial charge in [0.05, 0.1) is 39.2 Å². The first kappa shape index (κ1) is 29.5. The molecular formula is C25H20ClF6N5O2. The largest absolute Gasteiger partial charge is 0.435 e. The predicted molar refractivity (Wildman–Crippen MR) is 130 cm³/mol. The number of aromatic nitrogens is 2. The number of anilines is 1. The SMILES string of the molecule is Cc1cc(C#N)cc(C(=O)NC(C)(C)C)c1NC(=O)c1cc(C(F)(F)F)nn1-c1c(Cl)cccc1C(F)(F)F. The number of nitriles is 1. The molecule has 0 atom stereocenters. The van der Waals surface area contributed by atoms with Gasteiger partial charge in [-0.05, 0) is 57.5 Å². The number of carbonyl (C=O) groups is 2. The Morgan fingerprint density at radius 2 is 1.64 bits per heavy atom. The van der Waals surface area contributed by atoms with Gasteiger partial charge in [-0.1, -0.05) is 17.7 Å². The number of nitrogens with zero attached hydrogens (tertiary/aromatic N) is 3. The molecule has 0 spiro atoms. The zero-order chi connectivity index (χ0) is 29.5. The zero-order valence-corrected chi connectivity index (χ0v) is 21.5. The molecule has 2 aromatic carbocycles. The number of benzene rings is 2. The molecule has 0 aliphatic heterocycles. The van der Waals surface area contributed by atoms with Crippen LogP contribution >= 0.6 is 11.6 Å². The van der Waals surface area contributed by atoms with Crippen LogP contribution in [-0.2, 0) is 12.4 Å². The summed E-state index contributed by atoms with van der Waals surface area (Å²) in [5.74, 6) is -2.03. The number of para-hydroxylation sites is 1. The molecule has 39 heavy (non-hydrogen) atoms. The van der Waals surface area contributed by atoms with Crippen LogP contribution < -0.4 is 10.6 Å². The lowest BCUT2D eigenvalue weighted by Gasteiger charge is -2.22. The monoisotopic (exact) mass is 571 g/mol. The van der Waals surface area contributed by atoms with E-state index in [0.717, 1.165) is 18.2 Å². The van der Waals surface area contributed by atoms with Gasteiger partial charge in [0.15, 0.2) is 5.69 Å². The molecule has 0 bridgehead atoms. The van der Waals surface area contributed by atoms with Crippen LogP contribution in [0.2, 0.25) is 5.02 Å². The van der Waals surface area contributed by atoms with E-state index in [9.17, 15) is 41.2 Å². The van der Waals surface area contributed by atoms with Crippen molar-refractivity contribution in [1.29, 1.82) is 5.26 Å². The van der Waals surface area contributed by atoms with Crippen LogP contribution in [0.1, 0.15) is 64.0 Å². The first-order chi connectivity index (χ1) is 17.8. The number of nitrogens with one attached hydrogen (secondary N) is 2. The maximum Gasteiger partial charge on any atom is 0.435 e. The highest BCUT2D eigenvalue weighted by molar-refractivity contribution is 6.32. The van der Waals surface area contributed by atoms with Gasteiger partial charge < -0.3 is 10.6 Å². The third kappa shape index (κ3) is 6.51. The molecule has 3 rings (SSSR count). The van der Waals surface area contributed by atoms with E-state index in [2.05, 4.69) is 15.7 Å². The molecule has 206 valence electrons. The third-order valence-electron chi connectivity index (χ3n) is 5.17. The van der Waals surface area contributed by atoms with Gasteiger partial charge in [-0.3, -0.25) is 9.59 Å². The van der Waals surface area contributed by atoms with E-state index in [1.165, 1.54) is 13.0 Å². The van der Waals surface area contributed by atoms with Crippen molar-refractivity contribution in [1.82, 2.24) is 15.1 Å². The van der Waals surface area contributed by atoms with Crippen molar-refractivity contribution in [2.45, 2.75) is 45.6 Å². The lowest BCUT2D eigenvalue weighted by Crippen LogP contribution is -2.41. The number of hydrogen-bond acceptors (Lipinski definition) is 4. The Morgan fingerprint density at radius 3 is 2.18 bits per heavy atom. The van der Waals surface area contributed by atoms with E-state index in [0.29, 0.717) is 6.07 Å². The summed E-state index contributed by atoms with van der Waals surface area (Å²) >= 11 is 5.96. The summed E-state index contributed by atoms with van der Waals surface area (Å²) in [6.07, 6.45) is -10.2. The highest BCUT2D eigenvalue weighted by Gasteiger charge is 2.40. The molecule has 0 unspecified atom stereocenters. The average molecular weight is 572 g/mol. The third-order valence-corrected chi connectivity index (χ3v) is 5.48. The molecule has 0 saturated carbocycles. The van der Waals surface area contributed by atoms with E-state index < -0.39 is 57.4 Å². The van der Waals surface area contributed by atoms with Crippen molar-refractivity contribution in [3.63, 3.8) is 0 Å². The van der Waals surface area contributed by atoms with E-state index in [-0.39, 0.29) is 33.1 Å². The Hall–Kier alpha value is -4.05. The lowest BCUT2D eigenvalue weighted by atomic mass is 10.0. The second kappa shape index (κ2) is 10.3. The normalized spacial score (nSPS) is 12.2. The van der Waals surface area contributed by atoms with Crippen molar-refractivity contribution in [2.24, 2.45) is 0 Å². The fourth-order valence-corrected chi connectivity index (χ4v) is 3.85. The number of aryl methyl sites for hydroxylation is 1. The van der Waals surface area contributed by atoms with E-state index in [1.54, 1.807) is 20.8 Å². The molecule has 0 aliphatic carbocycles. The Labute approximate surface area is 223 Å². The molecule has 2 N–H and O–H groups in total. The van der Waals surface area contributed by atoms with Gasteiger partial charge in [0.25, 0.3) is 11.8 Å². The minimum atomic E-state index is -5.12. The van der Waals surface area contributed by atoms with Crippen LogP contribution in [0.15, 0.2) is 36.4 Å². The summed E-state index contributed by atoms with van der Waals surface area (Å²) < 4.78 is 82.0. The number of hydrogen-bond donors (Lipinski definition) is 2. The fourth-order valence-electron chi connectivity index (χ4n) is 3.59. The van der Waals surface area contributed by atoms with Crippen molar-refractivity contribution in [3.05, 3.63) is 75.1 Å². The number of amides is 2. The zero-order valence-electron chi connectivity index (χ0n) is 20.8. The second-order valence-corrected chi connectivity index (χ2v) is 9.85. The van der Waals surface area contributed by atoms with Crippen LogP contribution in [0.25, 0.3) is 5.69 Å². The van der Waals surface area contributed by atoms with Gasteiger partial charge in [-0.2, -0.15) is 36.7 Å². The summed E-state index contributed by atoms with van der Waals surface area (Å²) in [6.45, 7) is 6.44. The van der Waals surface area contributed by atoms with Crippen LogP contribution in [0.4, 0.5) is 32.0 Å². The smallest absolute Gasteiger partial charge is 0.347 e. The Morgan fingerprint density at radius 1 is 1.00 bits per heavy atom. The minimum absolute atomic E-state index is 0.0554. The second-order valence-electron chi connectivity index (χ2n) is 9.44. The number of halogens is 7. The first-order valence-corrected chi connectivity index (χ1v) is 11.4. The van der Waals surface area contributed by atoms with Gasteiger partial charge >= 0.3 is 12.4 Å². The van der Waals surface area contributed by atoms with E-state index in [1.807, 2.05) is 6.07 Å². The van der Waals surface area contributed by atoms with Crippen molar-refractivity contribution >= 4 is 29.1 Å². The molecule has 0 fully saturated rings. The molecule has 0 aliphatic rings. The Bertz CT molecular complexity index is 1500. The highest BCUT2D eigenvalue weighted by atomic mass is 35.5. The van der Waals surface area contributed by atoms with Crippen molar-refractivity contribution in [3.8, 4) is 11.8 Å². The maximum absolute atomic E-state index is 13.7. The minimum Gasteiger partial charge on any atom is -0.347 e. The lowest BCUT2D eigenvalue weighted by molar-refractivity contribution is -0.141. The van der Waals surface area contributed by atoms with Gasteiger partial charge in [0, 0.05) is 11.6 Å². The molecule has 14 heteroatoms. The summed E-state index contributed by atoms with van der Waals surface area (Å²) in [4.78, 5) is 26.3. The van der Waals surface area contributed by atoms with Crippen LogP contribution in [0, 0.1) is 18.3 Å². The summed E-state index contributed by atoms with van der Waals surface area (Å²) in [5, 5.41) is 16.9. The first-order valence-electron chi connectivity index (χ1n) is 11.1. The summed E-state index contributed by atoms with van der Waals surface area (Å²) in [6, 6.07) is 7.15. The Kier molecular flexibility index (Phi) is 7.76. The topological polar surface area (TPSA) is 99.8 Å². The molecule has 0 radical (unpaired) electrons. The quantitative estimate of drug-likeness (QED) is 0.348. The molecule has 7 nitrogen and oxygen atoms in total. The molecule has 3 aromatic rings. The van der Waals surface area contributed by atoms with Crippen LogP contribution in [-0.4, -0.2) is 27.1 Å². The number of rotatable bonds is 4.